The van der Waals surface area contributed by atoms with Crippen LogP contribution in [0.5, 0.6) is 0 Å². The molecule has 1 heteroatoms. The SMILES string of the molecule is CCCCC/C=C/C=C(\C)C[O]. The summed E-state index contributed by atoms with van der Waals surface area (Å²) in [6.07, 6.45) is 11.0. The van der Waals surface area contributed by atoms with E-state index in [0.29, 0.717) is 0 Å². The summed E-state index contributed by atoms with van der Waals surface area (Å²) in [5, 5.41) is 10.3. The van der Waals surface area contributed by atoms with Crippen LogP contribution in [-0.2, 0) is 5.11 Å². The van der Waals surface area contributed by atoms with Crippen molar-refractivity contribution in [3.8, 4) is 0 Å². The van der Waals surface area contributed by atoms with Gasteiger partial charge in [0.2, 0.25) is 0 Å². The van der Waals surface area contributed by atoms with Crippen molar-refractivity contribution in [1.29, 1.82) is 0 Å². The number of hydrogen-bond donors (Lipinski definition) is 0. The smallest absolute Gasteiger partial charge is 0.103 e. The molecule has 0 spiro atoms. The largest absolute Gasteiger partial charge is 0.232 e. The summed E-state index contributed by atoms with van der Waals surface area (Å²) < 4.78 is 0. The molecule has 0 saturated carbocycles. The van der Waals surface area contributed by atoms with Gasteiger partial charge < -0.3 is 0 Å². The van der Waals surface area contributed by atoms with Gasteiger partial charge in [-0.05, 0) is 25.3 Å². The van der Waals surface area contributed by atoms with E-state index >= 15 is 0 Å². The quantitative estimate of drug-likeness (QED) is 0.426. The molecule has 0 aliphatic carbocycles. The van der Waals surface area contributed by atoms with Crippen LogP contribution in [0.1, 0.15) is 39.5 Å². The second kappa shape index (κ2) is 8.54. The normalized spacial score (nSPS) is 12.8. The Morgan fingerprint density at radius 3 is 2.67 bits per heavy atom. The summed E-state index contributed by atoms with van der Waals surface area (Å²) in [5.74, 6) is 0. The van der Waals surface area contributed by atoms with E-state index < -0.39 is 0 Å². The summed E-state index contributed by atoms with van der Waals surface area (Å²) in [6, 6.07) is 0. The Morgan fingerprint density at radius 2 is 2.08 bits per heavy atom. The van der Waals surface area contributed by atoms with E-state index in [0.717, 1.165) is 12.0 Å². The zero-order valence-electron chi connectivity index (χ0n) is 8.18. The van der Waals surface area contributed by atoms with Gasteiger partial charge in [0.1, 0.15) is 6.61 Å². The van der Waals surface area contributed by atoms with Gasteiger partial charge in [-0.2, -0.15) is 0 Å². The van der Waals surface area contributed by atoms with Crippen molar-refractivity contribution in [3.05, 3.63) is 23.8 Å². The molecule has 12 heavy (non-hydrogen) atoms. The Morgan fingerprint density at radius 1 is 1.33 bits per heavy atom. The second-order valence-corrected chi connectivity index (χ2v) is 3.08. The standard InChI is InChI=1S/C11H19O/c1-3-4-5-6-7-8-9-11(2)10-12/h7-9H,3-6,10H2,1-2H3/b8-7+,11-9+. The van der Waals surface area contributed by atoms with Crippen molar-refractivity contribution in [3.63, 3.8) is 0 Å². The fourth-order valence-corrected chi connectivity index (χ4v) is 0.889. The molecule has 0 bridgehead atoms. The van der Waals surface area contributed by atoms with E-state index in [1.54, 1.807) is 0 Å². The minimum Gasteiger partial charge on any atom is -0.232 e. The van der Waals surface area contributed by atoms with Gasteiger partial charge >= 0.3 is 0 Å². The molecule has 1 nitrogen and oxygen atoms in total. The fraction of sp³-hybridized carbons (Fsp3) is 0.636. The van der Waals surface area contributed by atoms with Crippen LogP contribution in [0.3, 0.4) is 0 Å². The van der Waals surface area contributed by atoms with E-state index in [4.69, 9.17) is 0 Å². The van der Waals surface area contributed by atoms with Crippen molar-refractivity contribution < 1.29 is 5.11 Å². The van der Waals surface area contributed by atoms with Crippen LogP contribution >= 0.6 is 0 Å². The first-order valence-electron chi connectivity index (χ1n) is 4.71. The Hall–Kier alpha value is -0.560. The average molecular weight is 167 g/mol. The highest BCUT2D eigenvalue weighted by atomic mass is 16.3. The molecule has 0 aromatic carbocycles. The van der Waals surface area contributed by atoms with Crippen LogP contribution in [0.4, 0.5) is 0 Å². The average Bonchev–Trinajstić information content (AvgIpc) is 2.10. The summed E-state index contributed by atoms with van der Waals surface area (Å²) in [5.41, 5.74) is 0.904. The van der Waals surface area contributed by atoms with Gasteiger partial charge in [-0.1, -0.05) is 38.0 Å². The summed E-state index contributed by atoms with van der Waals surface area (Å²) >= 11 is 0. The predicted molar refractivity (Wildman–Crippen MR) is 52.6 cm³/mol. The van der Waals surface area contributed by atoms with Crippen LogP contribution in [-0.4, -0.2) is 6.61 Å². The minimum atomic E-state index is -0.0840. The lowest BCUT2D eigenvalue weighted by Crippen LogP contribution is -1.78. The van der Waals surface area contributed by atoms with Crippen molar-refractivity contribution in [2.24, 2.45) is 0 Å². The van der Waals surface area contributed by atoms with Gasteiger partial charge in [-0.25, -0.2) is 5.11 Å². The van der Waals surface area contributed by atoms with E-state index in [9.17, 15) is 5.11 Å². The van der Waals surface area contributed by atoms with Crippen LogP contribution < -0.4 is 0 Å². The monoisotopic (exact) mass is 167 g/mol. The summed E-state index contributed by atoms with van der Waals surface area (Å²) in [7, 11) is 0. The van der Waals surface area contributed by atoms with Crippen molar-refractivity contribution >= 4 is 0 Å². The van der Waals surface area contributed by atoms with E-state index in [1.165, 1.54) is 19.3 Å². The zero-order chi connectivity index (χ0) is 9.23. The lowest BCUT2D eigenvalue weighted by atomic mass is 10.2. The maximum absolute atomic E-state index is 10.3. The molecule has 0 atom stereocenters. The summed E-state index contributed by atoms with van der Waals surface area (Å²) in [4.78, 5) is 0. The first kappa shape index (κ1) is 11.4. The highest BCUT2D eigenvalue weighted by Gasteiger charge is 1.82. The van der Waals surface area contributed by atoms with Gasteiger partial charge in [0, 0.05) is 0 Å². The lowest BCUT2D eigenvalue weighted by molar-refractivity contribution is 0.223. The molecule has 0 unspecified atom stereocenters. The molecule has 0 amide bonds. The first-order valence-corrected chi connectivity index (χ1v) is 4.71. The first-order chi connectivity index (χ1) is 5.81. The Kier molecular flexibility index (Phi) is 8.14. The van der Waals surface area contributed by atoms with E-state index in [-0.39, 0.29) is 6.61 Å². The predicted octanol–water partition coefficient (Wildman–Crippen LogP) is 3.50. The van der Waals surface area contributed by atoms with Crippen molar-refractivity contribution in [2.75, 3.05) is 6.61 Å². The van der Waals surface area contributed by atoms with Crippen molar-refractivity contribution in [1.82, 2.24) is 0 Å². The molecule has 0 aliphatic heterocycles. The van der Waals surface area contributed by atoms with Gasteiger partial charge in [-0.3, -0.25) is 0 Å². The third-order valence-corrected chi connectivity index (χ3v) is 1.72. The fourth-order valence-electron chi connectivity index (χ4n) is 0.889. The number of hydrogen-bond acceptors (Lipinski definition) is 0. The molecule has 0 heterocycles. The molecule has 0 aromatic rings. The van der Waals surface area contributed by atoms with E-state index in [1.807, 2.05) is 19.1 Å². The maximum Gasteiger partial charge on any atom is 0.103 e. The molecule has 0 rings (SSSR count). The van der Waals surface area contributed by atoms with E-state index in [2.05, 4.69) is 13.0 Å². The molecule has 0 saturated heterocycles. The molecular weight excluding hydrogens is 148 g/mol. The molecule has 0 aromatic heterocycles. The van der Waals surface area contributed by atoms with Gasteiger partial charge in [0.05, 0.1) is 0 Å². The van der Waals surface area contributed by atoms with Gasteiger partial charge in [-0.15, -0.1) is 0 Å². The number of rotatable bonds is 6. The number of unbranched alkanes of at least 4 members (excludes halogenated alkanes) is 3. The highest BCUT2D eigenvalue weighted by Crippen LogP contribution is 2.00. The molecule has 0 aliphatic rings. The molecule has 1 radical (unpaired) electrons. The van der Waals surface area contributed by atoms with Crippen LogP contribution in [0, 0.1) is 0 Å². The highest BCUT2D eigenvalue weighted by molar-refractivity contribution is 5.10. The minimum absolute atomic E-state index is 0.0840. The Balaban J connectivity index is 3.36. The molecule has 69 valence electrons. The topological polar surface area (TPSA) is 19.9 Å². The Bertz CT molecular complexity index is 145. The maximum atomic E-state index is 10.3. The Labute approximate surface area is 75.8 Å². The second-order valence-electron chi connectivity index (χ2n) is 3.08. The third-order valence-electron chi connectivity index (χ3n) is 1.72. The van der Waals surface area contributed by atoms with Crippen LogP contribution in [0.2, 0.25) is 0 Å². The number of allylic oxidation sites excluding steroid dienone is 3. The third kappa shape index (κ3) is 7.55. The van der Waals surface area contributed by atoms with Crippen LogP contribution in [0.25, 0.3) is 0 Å². The zero-order valence-corrected chi connectivity index (χ0v) is 8.18. The van der Waals surface area contributed by atoms with Crippen molar-refractivity contribution in [2.45, 2.75) is 39.5 Å². The lowest BCUT2D eigenvalue weighted by Gasteiger charge is -1.90. The summed E-state index contributed by atoms with van der Waals surface area (Å²) in [6.45, 7) is 3.98. The molecular formula is C11H19O. The van der Waals surface area contributed by atoms with Gasteiger partial charge in [0.15, 0.2) is 0 Å². The molecule has 0 N–H and O–H groups in total. The van der Waals surface area contributed by atoms with Crippen LogP contribution in [0.15, 0.2) is 23.8 Å². The molecule has 0 fully saturated rings. The van der Waals surface area contributed by atoms with Gasteiger partial charge in [0.25, 0.3) is 0 Å².